The first kappa shape index (κ1) is 31.6. The number of benzene rings is 8. The van der Waals surface area contributed by atoms with Crippen LogP contribution in [-0.2, 0) is 0 Å². The van der Waals surface area contributed by atoms with E-state index < -0.39 is 0 Å². The summed E-state index contributed by atoms with van der Waals surface area (Å²) in [6.45, 7) is 0. The van der Waals surface area contributed by atoms with Crippen molar-refractivity contribution in [3.05, 3.63) is 200 Å². The minimum Gasteiger partial charge on any atom is -0.454 e. The number of aromatic nitrogens is 3. The van der Waals surface area contributed by atoms with Gasteiger partial charge in [-0.15, -0.1) is 0 Å². The third kappa shape index (κ3) is 4.77. The molecule has 8 aromatic carbocycles. The highest BCUT2D eigenvalue weighted by molar-refractivity contribution is 6.20. The molecule has 0 fully saturated rings. The van der Waals surface area contributed by atoms with E-state index in [0.29, 0.717) is 0 Å². The van der Waals surface area contributed by atoms with E-state index in [1.54, 1.807) is 0 Å². The van der Waals surface area contributed by atoms with Gasteiger partial charge in [0.25, 0.3) is 0 Å². The van der Waals surface area contributed by atoms with E-state index >= 15 is 0 Å². The van der Waals surface area contributed by atoms with Crippen LogP contribution in [0.3, 0.4) is 0 Å². The van der Waals surface area contributed by atoms with E-state index in [1.165, 1.54) is 21.5 Å². The molecule has 57 heavy (non-hydrogen) atoms. The second-order valence-electron chi connectivity index (χ2n) is 14.7. The Balaban J connectivity index is 1.32. The first-order valence-electron chi connectivity index (χ1n) is 19.4. The average Bonchev–Trinajstić information content (AvgIpc) is 3.95. The quantitative estimate of drug-likeness (QED) is 0.177. The Kier molecular flexibility index (Phi) is 6.89. The number of furan rings is 1. The number of hydrogen-bond acceptors (Lipinski definition) is 2. The monoisotopic (exact) mass is 727 g/mol. The van der Waals surface area contributed by atoms with Gasteiger partial charge >= 0.3 is 0 Å². The van der Waals surface area contributed by atoms with Crippen molar-refractivity contribution < 1.29 is 4.42 Å². The summed E-state index contributed by atoms with van der Waals surface area (Å²) in [5, 5.41) is 6.86. The summed E-state index contributed by atoms with van der Waals surface area (Å²) in [4.78, 5) is 5.60. The van der Waals surface area contributed by atoms with Crippen LogP contribution < -0.4 is 0 Å². The Morgan fingerprint density at radius 3 is 1.35 bits per heavy atom. The largest absolute Gasteiger partial charge is 0.454 e. The molecule has 0 saturated heterocycles. The fraction of sp³-hybridized carbons (Fsp3) is 0. The SMILES string of the molecule is c1ccc(-c2cc(-c3ccccc3)nc(-c3c(-n4c5ccccc5c5ccccc54)cc(-n4c5ccccc5c5ccccc54)c4oc5ccccc5c34)c2)cc1. The molecule has 4 nitrogen and oxygen atoms in total. The van der Waals surface area contributed by atoms with E-state index in [-0.39, 0.29) is 0 Å². The van der Waals surface area contributed by atoms with Crippen LogP contribution in [0.15, 0.2) is 205 Å². The van der Waals surface area contributed by atoms with Gasteiger partial charge < -0.3 is 13.6 Å². The minimum absolute atomic E-state index is 0.815. The van der Waals surface area contributed by atoms with Crippen LogP contribution in [0.5, 0.6) is 0 Å². The highest BCUT2D eigenvalue weighted by atomic mass is 16.3. The van der Waals surface area contributed by atoms with Crippen LogP contribution in [-0.4, -0.2) is 14.1 Å². The van der Waals surface area contributed by atoms with Gasteiger partial charge in [-0.05, 0) is 59.7 Å². The average molecular weight is 728 g/mol. The van der Waals surface area contributed by atoms with Crippen LogP contribution in [0.4, 0.5) is 0 Å². The maximum absolute atomic E-state index is 7.09. The molecule has 0 radical (unpaired) electrons. The number of nitrogens with zero attached hydrogens (tertiary/aromatic N) is 3. The molecule has 0 atom stereocenters. The van der Waals surface area contributed by atoms with Crippen molar-refractivity contribution >= 4 is 65.6 Å². The normalized spacial score (nSPS) is 11.9. The number of fused-ring (bicyclic) bond motifs is 9. The second-order valence-corrected chi connectivity index (χ2v) is 14.7. The fourth-order valence-corrected chi connectivity index (χ4v) is 9.05. The summed E-state index contributed by atoms with van der Waals surface area (Å²) in [7, 11) is 0. The zero-order chi connectivity index (χ0) is 37.5. The molecular weight excluding hydrogens is 695 g/mol. The van der Waals surface area contributed by atoms with E-state index in [2.05, 4.69) is 209 Å². The summed E-state index contributed by atoms with van der Waals surface area (Å²) >= 11 is 0. The van der Waals surface area contributed by atoms with Crippen molar-refractivity contribution in [1.82, 2.24) is 14.1 Å². The number of hydrogen-bond donors (Lipinski definition) is 0. The van der Waals surface area contributed by atoms with Crippen LogP contribution >= 0.6 is 0 Å². The first-order valence-corrected chi connectivity index (χ1v) is 19.4. The Hall–Kier alpha value is -7.69. The van der Waals surface area contributed by atoms with Crippen molar-refractivity contribution in [2.24, 2.45) is 0 Å². The molecule has 4 heteroatoms. The number of rotatable bonds is 5. The molecule has 12 rings (SSSR count). The number of para-hydroxylation sites is 5. The van der Waals surface area contributed by atoms with Crippen LogP contribution in [0.1, 0.15) is 0 Å². The summed E-state index contributed by atoms with van der Waals surface area (Å²) in [5.41, 5.74) is 14.2. The van der Waals surface area contributed by atoms with Gasteiger partial charge in [0.05, 0.1) is 44.8 Å². The summed E-state index contributed by atoms with van der Waals surface area (Å²) < 4.78 is 11.9. The third-order valence-electron chi connectivity index (χ3n) is 11.5. The smallest absolute Gasteiger partial charge is 0.160 e. The lowest BCUT2D eigenvalue weighted by molar-refractivity contribution is 0.666. The molecule has 0 bridgehead atoms. The third-order valence-corrected chi connectivity index (χ3v) is 11.5. The molecule has 0 unspecified atom stereocenters. The van der Waals surface area contributed by atoms with E-state index in [9.17, 15) is 0 Å². The maximum Gasteiger partial charge on any atom is 0.160 e. The molecule has 266 valence electrons. The lowest BCUT2D eigenvalue weighted by atomic mass is 9.95. The van der Waals surface area contributed by atoms with Crippen molar-refractivity contribution in [2.45, 2.75) is 0 Å². The Morgan fingerprint density at radius 1 is 0.351 bits per heavy atom. The topological polar surface area (TPSA) is 35.9 Å². The summed E-state index contributed by atoms with van der Waals surface area (Å²) in [6, 6.07) is 71.2. The molecule has 4 heterocycles. The molecule has 0 aliphatic carbocycles. The lowest BCUT2D eigenvalue weighted by Gasteiger charge is -2.20. The van der Waals surface area contributed by atoms with Crippen LogP contribution in [0, 0.1) is 0 Å². The van der Waals surface area contributed by atoms with Crippen molar-refractivity contribution in [3.63, 3.8) is 0 Å². The van der Waals surface area contributed by atoms with Gasteiger partial charge in [0.15, 0.2) is 5.58 Å². The summed E-state index contributed by atoms with van der Waals surface area (Å²) in [6.07, 6.45) is 0. The maximum atomic E-state index is 7.09. The van der Waals surface area contributed by atoms with Gasteiger partial charge in [-0.2, -0.15) is 0 Å². The second kappa shape index (κ2) is 12.4. The molecular formula is C53H33N3O. The molecule has 12 aromatic rings. The predicted molar refractivity (Wildman–Crippen MR) is 237 cm³/mol. The number of pyridine rings is 1. The van der Waals surface area contributed by atoms with Gasteiger partial charge in [0.2, 0.25) is 0 Å². The predicted octanol–water partition coefficient (Wildman–Crippen LogP) is 14.2. The van der Waals surface area contributed by atoms with Gasteiger partial charge in [-0.25, -0.2) is 4.98 Å². The van der Waals surface area contributed by atoms with E-state index in [4.69, 9.17) is 9.40 Å². The van der Waals surface area contributed by atoms with Gasteiger partial charge in [0.1, 0.15) is 5.58 Å². The van der Waals surface area contributed by atoms with E-state index in [0.717, 1.165) is 89.0 Å². The van der Waals surface area contributed by atoms with Gasteiger partial charge in [-0.3, -0.25) is 0 Å². The molecule has 0 spiro atoms. The highest BCUT2D eigenvalue weighted by Gasteiger charge is 2.27. The van der Waals surface area contributed by atoms with Crippen molar-refractivity contribution in [3.8, 4) is 45.0 Å². The standard InChI is InChI=1S/C53H33N3O/c1-3-17-34(18-4-1)36-31-42(35-19-5-2-6-20-35)54-43(32-36)52-48(55-44-26-12-7-21-37(44)38-22-8-13-27-45(38)55)33-49(53-51(52)41-25-11-16-30-50(41)57-53)56-46-28-14-9-23-39(46)40-24-10-15-29-47(40)56/h1-33H. The highest BCUT2D eigenvalue weighted by Crippen LogP contribution is 2.47. The van der Waals surface area contributed by atoms with E-state index in [1.807, 2.05) is 0 Å². The Morgan fingerprint density at radius 2 is 0.789 bits per heavy atom. The van der Waals surface area contributed by atoms with Gasteiger partial charge in [-0.1, -0.05) is 152 Å². The minimum atomic E-state index is 0.815. The Labute approximate surface area is 328 Å². The lowest BCUT2D eigenvalue weighted by Crippen LogP contribution is -2.04. The molecule has 0 aliphatic heterocycles. The van der Waals surface area contributed by atoms with Crippen LogP contribution in [0.2, 0.25) is 0 Å². The zero-order valence-corrected chi connectivity index (χ0v) is 30.8. The first-order chi connectivity index (χ1) is 28.3. The molecule has 0 amide bonds. The molecule has 0 aliphatic rings. The molecule has 4 aromatic heterocycles. The fourth-order valence-electron chi connectivity index (χ4n) is 9.05. The molecule has 0 N–H and O–H groups in total. The van der Waals surface area contributed by atoms with Crippen molar-refractivity contribution in [2.75, 3.05) is 0 Å². The van der Waals surface area contributed by atoms with Crippen molar-refractivity contribution in [1.29, 1.82) is 0 Å². The van der Waals surface area contributed by atoms with Gasteiger partial charge in [0, 0.05) is 43.4 Å². The summed E-state index contributed by atoms with van der Waals surface area (Å²) in [5.74, 6) is 0. The van der Waals surface area contributed by atoms with Crippen LogP contribution in [0.25, 0.3) is 111 Å². The Bertz CT molecular complexity index is 3350. The zero-order valence-electron chi connectivity index (χ0n) is 30.8. The molecule has 0 saturated carbocycles.